The molecule has 0 unspecified atom stereocenters. The minimum atomic E-state index is -0.0490. The fraction of sp³-hybridized carbons (Fsp3) is 0.115. The molecule has 1 aromatic heterocycles. The predicted octanol–water partition coefficient (Wildman–Crippen LogP) is 15.0. The number of fused-ring (bicyclic) bond motifs is 11. The Morgan fingerprint density at radius 3 is 1.83 bits per heavy atom. The van der Waals surface area contributed by atoms with Crippen LogP contribution in [0.5, 0.6) is 0 Å². The molecule has 8 aromatic carbocycles. The van der Waals surface area contributed by atoms with Crippen LogP contribution in [0.4, 0.5) is 17.1 Å². The van der Waals surface area contributed by atoms with E-state index in [4.69, 9.17) is 0 Å². The SMILES string of the molecule is CC1(C)c2ccccc2-c2cc(N(c3ccc(-c4cccc5c4-c4ccccc4C5(C)C)cc3)c3cccc4c3sc3c5ccccc5ccc43)ccc21. The van der Waals surface area contributed by atoms with Crippen LogP contribution in [-0.2, 0) is 10.8 Å². The third kappa shape index (κ3) is 4.32. The van der Waals surface area contributed by atoms with E-state index < -0.39 is 0 Å². The third-order valence-corrected chi connectivity index (χ3v) is 13.8. The van der Waals surface area contributed by atoms with E-state index in [0.29, 0.717) is 0 Å². The van der Waals surface area contributed by atoms with Crippen molar-refractivity contribution in [1.29, 1.82) is 0 Å². The van der Waals surface area contributed by atoms with Crippen LogP contribution in [0.2, 0.25) is 0 Å². The lowest BCUT2D eigenvalue weighted by atomic mass is 9.82. The number of thiophene rings is 1. The summed E-state index contributed by atoms with van der Waals surface area (Å²) in [7, 11) is 0. The van der Waals surface area contributed by atoms with Gasteiger partial charge < -0.3 is 4.90 Å². The van der Waals surface area contributed by atoms with Gasteiger partial charge >= 0.3 is 0 Å². The summed E-state index contributed by atoms with van der Waals surface area (Å²) in [6.07, 6.45) is 0. The van der Waals surface area contributed by atoms with Crippen LogP contribution in [0.15, 0.2) is 164 Å². The first kappa shape index (κ1) is 31.6. The van der Waals surface area contributed by atoms with E-state index >= 15 is 0 Å². The highest BCUT2D eigenvalue weighted by atomic mass is 32.1. The van der Waals surface area contributed by atoms with Gasteiger partial charge in [-0.3, -0.25) is 0 Å². The lowest BCUT2D eigenvalue weighted by molar-refractivity contribution is 0.660. The second-order valence-corrected chi connectivity index (χ2v) is 17.1. The molecule has 0 saturated heterocycles. The molecule has 0 fully saturated rings. The molecular weight excluding hydrogens is 671 g/mol. The molecule has 2 heteroatoms. The second-order valence-electron chi connectivity index (χ2n) is 16.1. The standard InChI is InChI=1S/C52H39NS/c1-51(2)43-19-9-7-15-38(43)42-31-35(28-30-45(42)51)53(47-22-12-18-39-40-29-25-32-13-5-6-14-37(32)49(40)54-50(39)47)34-26-23-33(24-27-34)36-17-11-21-46-48(36)41-16-8-10-20-44(41)52(46,3)4/h5-31H,1-4H3. The maximum absolute atomic E-state index is 2.49. The van der Waals surface area contributed by atoms with Crippen LogP contribution < -0.4 is 4.90 Å². The van der Waals surface area contributed by atoms with Gasteiger partial charge in [0, 0.05) is 37.7 Å². The van der Waals surface area contributed by atoms with Crippen LogP contribution in [0.1, 0.15) is 49.9 Å². The summed E-state index contributed by atoms with van der Waals surface area (Å²) in [5.74, 6) is 0. The first-order valence-electron chi connectivity index (χ1n) is 19.0. The van der Waals surface area contributed by atoms with E-state index in [2.05, 4.69) is 196 Å². The summed E-state index contributed by atoms with van der Waals surface area (Å²) in [6, 6.07) is 61.4. The highest BCUT2D eigenvalue weighted by Gasteiger charge is 2.37. The van der Waals surface area contributed by atoms with Crippen molar-refractivity contribution in [3.8, 4) is 33.4 Å². The maximum Gasteiger partial charge on any atom is 0.0640 e. The van der Waals surface area contributed by atoms with E-state index in [9.17, 15) is 0 Å². The molecule has 0 saturated carbocycles. The van der Waals surface area contributed by atoms with Gasteiger partial charge in [-0.25, -0.2) is 0 Å². The number of benzene rings is 8. The first-order valence-corrected chi connectivity index (χ1v) is 19.8. The first-order chi connectivity index (χ1) is 26.3. The molecule has 0 bridgehead atoms. The van der Waals surface area contributed by atoms with Gasteiger partial charge in [0.1, 0.15) is 0 Å². The Labute approximate surface area is 320 Å². The molecule has 0 N–H and O–H groups in total. The topological polar surface area (TPSA) is 3.24 Å². The molecule has 54 heavy (non-hydrogen) atoms. The summed E-state index contributed by atoms with van der Waals surface area (Å²) in [4.78, 5) is 2.49. The Balaban J connectivity index is 1.12. The van der Waals surface area contributed by atoms with Crippen LogP contribution in [-0.4, -0.2) is 0 Å². The summed E-state index contributed by atoms with van der Waals surface area (Å²) in [5, 5.41) is 5.21. The smallest absolute Gasteiger partial charge is 0.0640 e. The Morgan fingerprint density at radius 2 is 1.00 bits per heavy atom. The largest absolute Gasteiger partial charge is 0.309 e. The van der Waals surface area contributed by atoms with Crippen molar-refractivity contribution in [2.24, 2.45) is 0 Å². The van der Waals surface area contributed by atoms with Gasteiger partial charge in [0.05, 0.1) is 10.4 Å². The van der Waals surface area contributed by atoms with Crippen molar-refractivity contribution < 1.29 is 0 Å². The fourth-order valence-electron chi connectivity index (χ4n) is 9.75. The maximum atomic E-state index is 2.49. The van der Waals surface area contributed by atoms with Gasteiger partial charge in [-0.1, -0.05) is 161 Å². The van der Waals surface area contributed by atoms with Crippen LogP contribution in [0, 0.1) is 0 Å². The van der Waals surface area contributed by atoms with Crippen molar-refractivity contribution in [2.45, 2.75) is 38.5 Å². The average Bonchev–Trinajstić information content (AvgIpc) is 3.79. The number of nitrogens with zero attached hydrogens (tertiary/aromatic N) is 1. The van der Waals surface area contributed by atoms with Crippen LogP contribution in [0.25, 0.3) is 64.3 Å². The van der Waals surface area contributed by atoms with Crippen molar-refractivity contribution in [1.82, 2.24) is 0 Å². The van der Waals surface area contributed by atoms with Crippen molar-refractivity contribution >= 4 is 59.3 Å². The predicted molar refractivity (Wildman–Crippen MR) is 232 cm³/mol. The molecular formula is C52H39NS. The van der Waals surface area contributed by atoms with Gasteiger partial charge in [-0.15, -0.1) is 11.3 Å². The van der Waals surface area contributed by atoms with E-state index in [-0.39, 0.29) is 10.8 Å². The van der Waals surface area contributed by atoms with Crippen LogP contribution in [0.3, 0.4) is 0 Å². The zero-order chi connectivity index (χ0) is 36.3. The monoisotopic (exact) mass is 709 g/mol. The molecule has 1 nitrogen and oxygen atoms in total. The molecule has 0 radical (unpaired) electrons. The van der Waals surface area contributed by atoms with Gasteiger partial charge in [0.2, 0.25) is 0 Å². The molecule has 0 aliphatic heterocycles. The zero-order valence-electron chi connectivity index (χ0n) is 30.9. The zero-order valence-corrected chi connectivity index (χ0v) is 31.8. The van der Waals surface area contributed by atoms with E-state index in [1.54, 1.807) is 0 Å². The van der Waals surface area contributed by atoms with Crippen molar-refractivity contribution in [3.05, 3.63) is 186 Å². The summed E-state index contributed by atoms with van der Waals surface area (Å²) >= 11 is 1.91. The minimum Gasteiger partial charge on any atom is -0.309 e. The number of hydrogen-bond donors (Lipinski definition) is 0. The van der Waals surface area contributed by atoms with Gasteiger partial charge in [0.25, 0.3) is 0 Å². The Hall–Kier alpha value is -5.96. The van der Waals surface area contributed by atoms with Gasteiger partial charge in [0.15, 0.2) is 0 Å². The summed E-state index contributed by atoms with van der Waals surface area (Å²) in [6.45, 7) is 9.43. The normalized spacial score (nSPS) is 14.6. The molecule has 258 valence electrons. The number of rotatable bonds is 4. The Kier molecular flexibility index (Phi) is 6.59. The molecule has 0 amide bonds. The lowest BCUT2D eigenvalue weighted by Crippen LogP contribution is -2.15. The second kappa shape index (κ2) is 11.3. The number of hydrogen-bond acceptors (Lipinski definition) is 2. The van der Waals surface area contributed by atoms with E-state index in [1.165, 1.54) is 98.0 Å². The molecule has 1 heterocycles. The Morgan fingerprint density at radius 1 is 0.407 bits per heavy atom. The lowest BCUT2D eigenvalue weighted by Gasteiger charge is -2.28. The minimum absolute atomic E-state index is 0.0340. The third-order valence-electron chi connectivity index (χ3n) is 12.5. The highest BCUT2D eigenvalue weighted by molar-refractivity contribution is 7.27. The molecule has 0 atom stereocenters. The van der Waals surface area contributed by atoms with Crippen molar-refractivity contribution in [3.63, 3.8) is 0 Å². The molecule has 11 rings (SSSR count). The molecule has 2 aliphatic rings. The van der Waals surface area contributed by atoms with Gasteiger partial charge in [-0.2, -0.15) is 0 Å². The van der Waals surface area contributed by atoms with Crippen molar-refractivity contribution in [2.75, 3.05) is 4.90 Å². The summed E-state index contributed by atoms with van der Waals surface area (Å²) in [5.41, 5.74) is 16.9. The molecule has 2 aliphatic carbocycles. The molecule has 0 spiro atoms. The highest BCUT2D eigenvalue weighted by Crippen LogP contribution is 2.54. The van der Waals surface area contributed by atoms with E-state index in [0.717, 1.165) is 5.69 Å². The van der Waals surface area contributed by atoms with E-state index in [1.807, 2.05) is 11.3 Å². The number of anilines is 3. The van der Waals surface area contributed by atoms with Crippen LogP contribution >= 0.6 is 11.3 Å². The summed E-state index contributed by atoms with van der Waals surface area (Å²) < 4.78 is 2.64. The molecule has 9 aromatic rings. The van der Waals surface area contributed by atoms with Gasteiger partial charge in [-0.05, 0) is 96.7 Å². The fourth-order valence-corrected chi connectivity index (χ4v) is 11.1. The Bertz CT molecular complexity index is 3000. The quantitative estimate of drug-likeness (QED) is 0.176. The average molecular weight is 710 g/mol.